The van der Waals surface area contributed by atoms with Crippen LogP contribution in [-0.4, -0.2) is 33.3 Å². The van der Waals surface area contributed by atoms with Gasteiger partial charge in [0, 0.05) is 17.6 Å². The fraction of sp³-hybridized carbons (Fsp3) is 0.389. The maximum Gasteiger partial charge on any atom is 0.243 e. The first-order valence-electron chi connectivity index (χ1n) is 8.14. The fourth-order valence-corrected chi connectivity index (χ4v) is 4.29. The summed E-state index contributed by atoms with van der Waals surface area (Å²) in [6.45, 7) is 4.11. The lowest BCUT2D eigenvalue weighted by molar-refractivity contribution is -0.129. The van der Waals surface area contributed by atoms with E-state index in [-0.39, 0.29) is 11.8 Å². The van der Waals surface area contributed by atoms with Gasteiger partial charge in [-0.1, -0.05) is 30.3 Å². The van der Waals surface area contributed by atoms with Crippen molar-refractivity contribution in [1.82, 2.24) is 15.6 Å². The average Bonchev–Trinajstić information content (AvgIpc) is 3.03. The second kappa shape index (κ2) is 7.58. The van der Waals surface area contributed by atoms with Crippen LogP contribution < -0.4 is 10.6 Å². The normalized spacial score (nSPS) is 19.3. The van der Waals surface area contributed by atoms with Gasteiger partial charge in [0.05, 0.1) is 22.0 Å². The van der Waals surface area contributed by atoms with E-state index in [4.69, 9.17) is 0 Å². The number of carbonyl (C=O) groups is 2. The first-order chi connectivity index (χ1) is 11.9. The Bertz CT molecular complexity index is 759. The van der Waals surface area contributed by atoms with Crippen molar-refractivity contribution in [2.75, 3.05) is 5.75 Å². The van der Waals surface area contributed by atoms with Crippen molar-refractivity contribution in [3.05, 3.63) is 52.0 Å². The van der Waals surface area contributed by atoms with Gasteiger partial charge in [-0.2, -0.15) is 0 Å². The summed E-state index contributed by atoms with van der Waals surface area (Å²) < 4.78 is -0.474. The number of hydrogen-bond donors (Lipinski definition) is 2. The number of rotatable bonds is 5. The van der Waals surface area contributed by atoms with Crippen molar-refractivity contribution >= 4 is 34.9 Å². The number of thioether (sulfide) groups is 1. The number of thiazole rings is 1. The van der Waals surface area contributed by atoms with E-state index in [0.29, 0.717) is 12.3 Å². The molecule has 0 unspecified atom stereocenters. The maximum absolute atomic E-state index is 12.3. The Morgan fingerprint density at radius 2 is 2.12 bits per heavy atom. The molecule has 1 aromatic heterocycles. The molecule has 0 bridgehead atoms. The lowest BCUT2D eigenvalue weighted by Crippen LogP contribution is -2.57. The summed E-state index contributed by atoms with van der Waals surface area (Å²) in [5.74, 6) is 0.331. The van der Waals surface area contributed by atoms with Crippen LogP contribution in [0.25, 0.3) is 0 Å². The third kappa shape index (κ3) is 4.61. The summed E-state index contributed by atoms with van der Waals surface area (Å²) in [5.41, 5.74) is 2.07. The molecule has 5 nitrogen and oxygen atoms in total. The summed E-state index contributed by atoms with van der Waals surface area (Å²) >= 11 is 3.10. The number of nitrogens with one attached hydrogen (secondary N) is 2. The summed E-state index contributed by atoms with van der Waals surface area (Å²) in [6, 6.07) is 9.70. The van der Waals surface area contributed by atoms with Crippen LogP contribution in [0, 0.1) is 0 Å². The predicted octanol–water partition coefficient (Wildman–Crippen LogP) is 2.36. The largest absolute Gasteiger partial charge is 0.349 e. The van der Waals surface area contributed by atoms with Crippen molar-refractivity contribution in [2.24, 2.45) is 0 Å². The van der Waals surface area contributed by atoms with Crippen LogP contribution in [0.2, 0.25) is 0 Å². The molecule has 1 aliphatic heterocycles. The molecule has 0 saturated carbocycles. The molecule has 0 spiro atoms. The number of aromatic nitrogens is 1. The van der Waals surface area contributed by atoms with Crippen molar-refractivity contribution in [3.63, 3.8) is 0 Å². The summed E-state index contributed by atoms with van der Waals surface area (Å²) in [5, 5.41) is 8.66. The zero-order chi connectivity index (χ0) is 17.9. The molecule has 2 N–H and O–H groups in total. The van der Waals surface area contributed by atoms with E-state index in [1.165, 1.54) is 17.3 Å². The third-order valence-electron chi connectivity index (χ3n) is 4.02. The Kier molecular flexibility index (Phi) is 5.44. The first kappa shape index (κ1) is 17.9. The van der Waals surface area contributed by atoms with E-state index in [1.807, 2.05) is 37.4 Å². The molecule has 2 amide bonds. The van der Waals surface area contributed by atoms with Crippen LogP contribution in [0.15, 0.2) is 35.7 Å². The van der Waals surface area contributed by atoms with Gasteiger partial charge in [-0.3, -0.25) is 9.59 Å². The van der Waals surface area contributed by atoms with Crippen LogP contribution in [0.1, 0.15) is 30.1 Å². The standard InChI is InChI=1S/C18H21N3O2S2/c1-18(2)17(23)21-14(11-25-18)16(22)19-9-13-10-24-15(20-13)8-12-6-4-3-5-7-12/h3-7,10,14H,8-9,11H2,1-2H3,(H,19,22)(H,21,23)/t14-/m0/s1. The summed E-state index contributed by atoms with van der Waals surface area (Å²) in [4.78, 5) is 28.8. The number of benzene rings is 1. The minimum Gasteiger partial charge on any atom is -0.349 e. The van der Waals surface area contributed by atoms with Gasteiger partial charge in [-0.05, 0) is 19.4 Å². The summed E-state index contributed by atoms with van der Waals surface area (Å²) in [7, 11) is 0. The molecule has 2 aromatic rings. The molecule has 132 valence electrons. The van der Waals surface area contributed by atoms with Gasteiger partial charge in [0.1, 0.15) is 6.04 Å². The topological polar surface area (TPSA) is 71.1 Å². The second-order valence-corrected chi connectivity index (χ2v) is 9.05. The Hall–Kier alpha value is -1.86. The van der Waals surface area contributed by atoms with Gasteiger partial charge in [-0.25, -0.2) is 4.98 Å². The van der Waals surface area contributed by atoms with Crippen LogP contribution in [0.5, 0.6) is 0 Å². The molecule has 0 aliphatic carbocycles. The van der Waals surface area contributed by atoms with Crippen molar-refractivity contribution in [3.8, 4) is 0 Å². The Morgan fingerprint density at radius 1 is 1.36 bits per heavy atom. The number of carbonyl (C=O) groups excluding carboxylic acids is 2. The molecule has 3 rings (SSSR count). The molecule has 2 heterocycles. The predicted molar refractivity (Wildman–Crippen MR) is 102 cm³/mol. The zero-order valence-corrected chi connectivity index (χ0v) is 15.9. The van der Waals surface area contributed by atoms with Gasteiger partial charge in [0.25, 0.3) is 0 Å². The van der Waals surface area contributed by atoms with E-state index in [2.05, 4.69) is 27.8 Å². The quantitative estimate of drug-likeness (QED) is 0.842. The molecular formula is C18H21N3O2S2. The minimum absolute atomic E-state index is 0.0947. The van der Waals surface area contributed by atoms with Crippen LogP contribution in [0.4, 0.5) is 0 Å². The minimum atomic E-state index is -0.479. The lowest BCUT2D eigenvalue weighted by Gasteiger charge is -2.32. The van der Waals surface area contributed by atoms with Gasteiger partial charge in [0.15, 0.2) is 0 Å². The van der Waals surface area contributed by atoms with Crippen molar-refractivity contribution in [1.29, 1.82) is 0 Å². The monoisotopic (exact) mass is 375 g/mol. The van der Waals surface area contributed by atoms with E-state index in [0.717, 1.165) is 17.1 Å². The van der Waals surface area contributed by atoms with Gasteiger partial charge >= 0.3 is 0 Å². The van der Waals surface area contributed by atoms with Gasteiger partial charge in [0.2, 0.25) is 11.8 Å². The molecule has 1 saturated heterocycles. The van der Waals surface area contributed by atoms with Crippen molar-refractivity contribution in [2.45, 2.75) is 37.6 Å². The molecule has 25 heavy (non-hydrogen) atoms. The van der Waals surface area contributed by atoms with Crippen LogP contribution >= 0.6 is 23.1 Å². The Balaban J connectivity index is 1.51. The highest BCUT2D eigenvalue weighted by Crippen LogP contribution is 2.29. The van der Waals surface area contributed by atoms with Crippen LogP contribution in [-0.2, 0) is 22.6 Å². The smallest absolute Gasteiger partial charge is 0.243 e. The van der Waals surface area contributed by atoms with Crippen LogP contribution in [0.3, 0.4) is 0 Å². The number of amides is 2. The SMILES string of the molecule is CC1(C)SC[C@@H](C(=O)NCc2csc(Cc3ccccc3)n2)NC1=O. The highest BCUT2D eigenvalue weighted by Gasteiger charge is 2.37. The first-order valence-corrected chi connectivity index (χ1v) is 10.0. The average molecular weight is 376 g/mol. The summed E-state index contributed by atoms with van der Waals surface area (Å²) in [6.07, 6.45) is 0.795. The molecular weight excluding hydrogens is 354 g/mol. The number of hydrogen-bond acceptors (Lipinski definition) is 5. The number of nitrogens with zero attached hydrogens (tertiary/aromatic N) is 1. The van der Waals surface area contributed by atoms with E-state index < -0.39 is 10.8 Å². The fourth-order valence-electron chi connectivity index (χ4n) is 2.45. The van der Waals surface area contributed by atoms with Gasteiger partial charge < -0.3 is 10.6 Å². The molecule has 1 aromatic carbocycles. The zero-order valence-electron chi connectivity index (χ0n) is 14.2. The van der Waals surface area contributed by atoms with Crippen molar-refractivity contribution < 1.29 is 9.59 Å². The molecule has 1 fully saturated rings. The third-order valence-corrected chi connectivity index (χ3v) is 6.33. The highest BCUT2D eigenvalue weighted by atomic mass is 32.2. The molecule has 0 radical (unpaired) electrons. The Morgan fingerprint density at radius 3 is 2.84 bits per heavy atom. The molecule has 1 atom stereocenters. The van der Waals surface area contributed by atoms with E-state index in [1.54, 1.807) is 11.3 Å². The molecule has 7 heteroatoms. The molecule has 1 aliphatic rings. The lowest BCUT2D eigenvalue weighted by atomic mass is 10.1. The van der Waals surface area contributed by atoms with E-state index in [9.17, 15) is 9.59 Å². The second-order valence-electron chi connectivity index (χ2n) is 6.46. The van der Waals surface area contributed by atoms with E-state index >= 15 is 0 Å². The maximum atomic E-state index is 12.3. The van der Waals surface area contributed by atoms with Gasteiger partial charge in [-0.15, -0.1) is 23.1 Å². The Labute approximate surface area is 155 Å². The highest BCUT2D eigenvalue weighted by molar-refractivity contribution is 8.01.